The van der Waals surface area contributed by atoms with Crippen LogP contribution in [0.5, 0.6) is 0 Å². The van der Waals surface area contributed by atoms with E-state index >= 15 is 0 Å². The zero-order valence-corrected chi connectivity index (χ0v) is 10.9. The van der Waals surface area contributed by atoms with E-state index in [9.17, 15) is 0 Å². The van der Waals surface area contributed by atoms with Crippen LogP contribution in [0.4, 0.5) is 0 Å². The van der Waals surface area contributed by atoms with Gasteiger partial charge in [0.15, 0.2) is 0 Å². The van der Waals surface area contributed by atoms with Crippen molar-refractivity contribution < 1.29 is 4.74 Å². The van der Waals surface area contributed by atoms with Crippen LogP contribution in [0.3, 0.4) is 0 Å². The Balaban J connectivity index is 2.06. The number of nitrogens with one attached hydrogen (secondary N) is 1. The molecule has 0 spiro atoms. The average molecular weight is 228 g/mol. The maximum Gasteiger partial charge on any atom is 0.0591 e. The van der Waals surface area contributed by atoms with E-state index in [0.717, 1.165) is 26.3 Å². The van der Waals surface area contributed by atoms with Crippen LogP contribution < -0.4 is 11.1 Å². The minimum absolute atomic E-state index is 0.626. The summed E-state index contributed by atoms with van der Waals surface area (Å²) in [7, 11) is 0. The summed E-state index contributed by atoms with van der Waals surface area (Å²) in [6.07, 6.45) is 5.28. The van der Waals surface area contributed by atoms with Crippen molar-refractivity contribution in [3.05, 3.63) is 0 Å². The lowest BCUT2D eigenvalue weighted by Gasteiger charge is -2.31. The number of hydrogen-bond acceptors (Lipinski definition) is 3. The molecule has 1 fully saturated rings. The molecule has 0 aromatic heterocycles. The van der Waals surface area contributed by atoms with Crippen LogP contribution in [0, 0.1) is 11.8 Å². The standard InChI is InChI=1S/C13H28N2O/c1-11(2)10-16-8-7-15-13-6-4-3-5-12(13)9-14/h11-13,15H,3-10,14H2,1-2H3. The Morgan fingerprint density at radius 3 is 2.75 bits per heavy atom. The lowest BCUT2D eigenvalue weighted by Crippen LogP contribution is -2.43. The molecule has 0 bridgehead atoms. The van der Waals surface area contributed by atoms with Crippen molar-refractivity contribution >= 4 is 0 Å². The summed E-state index contributed by atoms with van der Waals surface area (Å²) in [4.78, 5) is 0. The largest absolute Gasteiger partial charge is 0.380 e. The Bertz CT molecular complexity index is 173. The third-order valence-electron chi connectivity index (χ3n) is 3.32. The Morgan fingerprint density at radius 2 is 2.06 bits per heavy atom. The molecule has 1 saturated carbocycles. The second kappa shape index (κ2) is 8.04. The fourth-order valence-electron chi connectivity index (χ4n) is 2.39. The van der Waals surface area contributed by atoms with Gasteiger partial charge in [0.2, 0.25) is 0 Å². The first-order valence-corrected chi connectivity index (χ1v) is 6.75. The van der Waals surface area contributed by atoms with Crippen LogP contribution in [-0.2, 0) is 4.74 Å². The third-order valence-corrected chi connectivity index (χ3v) is 3.32. The van der Waals surface area contributed by atoms with Crippen molar-refractivity contribution in [3.63, 3.8) is 0 Å². The van der Waals surface area contributed by atoms with Crippen LogP contribution in [0.2, 0.25) is 0 Å². The number of ether oxygens (including phenoxy) is 1. The molecule has 3 nitrogen and oxygen atoms in total. The van der Waals surface area contributed by atoms with E-state index in [1.807, 2.05) is 0 Å². The topological polar surface area (TPSA) is 47.3 Å². The second-order valence-corrected chi connectivity index (χ2v) is 5.31. The minimum atomic E-state index is 0.626. The molecule has 2 atom stereocenters. The molecule has 0 saturated heterocycles. The van der Waals surface area contributed by atoms with Crippen LogP contribution in [0.1, 0.15) is 39.5 Å². The lowest BCUT2D eigenvalue weighted by atomic mass is 9.84. The van der Waals surface area contributed by atoms with Gasteiger partial charge in [-0.15, -0.1) is 0 Å². The van der Waals surface area contributed by atoms with Crippen molar-refractivity contribution in [1.82, 2.24) is 5.32 Å². The summed E-state index contributed by atoms with van der Waals surface area (Å²) in [5.74, 6) is 1.31. The average Bonchev–Trinajstić information content (AvgIpc) is 2.29. The first kappa shape index (κ1) is 13.9. The van der Waals surface area contributed by atoms with Gasteiger partial charge in [0.25, 0.3) is 0 Å². The maximum atomic E-state index is 5.79. The molecule has 16 heavy (non-hydrogen) atoms. The highest BCUT2D eigenvalue weighted by molar-refractivity contribution is 4.81. The maximum absolute atomic E-state index is 5.79. The second-order valence-electron chi connectivity index (χ2n) is 5.31. The predicted molar refractivity (Wildman–Crippen MR) is 68.5 cm³/mol. The predicted octanol–water partition coefficient (Wildman–Crippen LogP) is 1.77. The Labute approximate surface area is 100 Å². The molecule has 3 heteroatoms. The molecule has 0 aromatic carbocycles. The van der Waals surface area contributed by atoms with Gasteiger partial charge < -0.3 is 15.8 Å². The molecule has 2 unspecified atom stereocenters. The molecule has 1 aliphatic rings. The van der Waals surface area contributed by atoms with E-state index < -0.39 is 0 Å². The fourth-order valence-corrected chi connectivity index (χ4v) is 2.39. The van der Waals surface area contributed by atoms with Gasteiger partial charge in [-0.3, -0.25) is 0 Å². The fraction of sp³-hybridized carbons (Fsp3) is 1.00. The molecule has 0 aliphatic heterocycles. The Hall–Kier alpha value is -0.120. The Kier molecular flexibility index (Phi) is 7.01. The summed E-state index contributed by atoms with van der Waals surface area (Å²) in [6, 6.07) is 0.626. The van der Waals surface area contributed by atoms with E-state index in [-0.39, 0.29) is 0 Å². The van der Waals surface area contributed by atoms with Crippen LogP contribution in [-0.4, -0.2) is 32.3 Å². The van der Waals surface area contributed by atoms with Gasteiger partial charge in [-0.25, -0.2) is 0 Å². The summed E-state index contributed by atoms with van der Waals surface area (Å²) < 4.78 is 5.56. The summed E-state index contributed by atoms with van der Waals surface area (Å²) in [5, 5.41) is 3.59. The Morgan fingerprint density at radius 1 is 1.31 bits per heavy atom. The molecule has 1 rings (SSSR count). The molecule has 0 heterocycles. The van der Waals surface area contributed by atoms with Gasteiger partial charge in [0.05, 0.1) is 6.61 Å². The van der Waals surface area contributed by atoms with E-state index in [4.69, 9.17) is 10.5 Å². The van der Waals surface area contributed by atoms with Crippen molar-refractivity contribution in [2.75, 3.05) is 26.3 Å². The van der Waals surface area contributed by atoms with E-state index in [0.29, 0.717) is 17.9 Å². The third kappa shape index (κ3) is 5.28. The van der Waals surface area contributed by atoms with E-state index in [1.165, 1.54) is 25.7 Å². The van der Waals surface area contributed by atoms with Gasteiger partial charge >= 0.3 is 0 Å². The molecule has 0 amide bonds. The molecule has 0 radical (unpaired) electrons. The van der Waals surface area contributed by atoms with Crippen LogP contribution >= 0.6 is 0 Å². The highest BCUT2D eigenvalue weighted by atomic mass is 16.5. The first-order chi connectivity index (χ1) is 7.74. The van der Waals surface area contributed by atoms with Gasteiger partial charge in [0, 0.05) is 19.2 Å². The summed E-state index contributed by atoms with van der Waals surface area (Å²) >= 11 is 0. The molecular weight excluding hydrogens is 200 g/mol. The van der Waals surface area contributed by atoms with E-state index in [2.05, 4.69) is 19.2 Å². The molecule has 1 aliphatic carbocycles. The van der Waals surface area contributed by atoms with Gasteiger partial charge in [0.1, 0.15) is 0 Å². The lowest BCUT2D eigenvalue weighted by molar-refractivity contribution is 0.106. The van der Waals surface area contributed by atoms with Crippen LogP contribution in [0.15, 0.2) is 0 Å². The van der Waals surface area contributed by atoms with Gasteiger partial charge in [-0.2, -0.15) is 0 Å². The van der Waals surface area contributed by atoms with Crippen molar-refractivity contribution in [2.45, 2.75) is 45.6 Å². The SMILES string of the molecule is CC(C)COCCNC1CCCCC1CN. The first-order valence-electron chi connectivity index (χ1n) is 6.75. The zero-order valence-electron chi connectivity index (χ0n) is 10.9. The molecule has 3 N–H and O–H groups in total. The molecule has 0 aromatic rings. The summed E-state index contributed by atoms with van der Waals surface area (Å²) in [6.45, 7) is 7.84. The smallest absolute Gasteiger partial charge is 0.0591 e. The minimum Gasteiger partial charge on any atom is -0.380 e. The number of nitrogens with two attached hydrogens (primary N) is 1. The zero-order chi connectivity index (χ0) is 11.8. The van der Waals surface area contributed by atoms with Crippen molar-refractivity contribution in [3.8, 4) is 0 Å². The summed E-state index contributed by atoms with van der Waals surface area (Å²) in [5.41, 5.74) is 5.79. The number of hydrogen-bond donors (Lipinski definition) is 2. The highest BCUT2D eigenvalue weighted by Gasteiger charge is 2.22. The van der Waals surface area contributed by atoms with E-state index in [1.54, 1.807) is 0 Å². The van der Waals surface area contributed by atoms with Gasteiger partial charge in [-0.05, 0) is 31.2 Å². The normalized spacial score (nSPS) is 26.2. The quantitative estimate of drug-likeness (QED) is 0.653. The molecular formula is C13H28N2O. The van der Waals surface area contributed by atoms with Gasteiger partial charge in [-0.1, -0.05) is 26.7 Å². The van der Waals surface area contributed by atoms with Crippen molar-refractivity contribution in [1.29, 1.82) is 0 Å². The highest BCUT2D eigenvalue weighted by Crippen LogP contribution is 2.23. The number of rotatable bonds is 7. The van der Waals surface area contributed by atoms with Crippen LogP contribution in [0.25, 0.3) is 0 Å². The molecule has 96 valence electrons. The van der Waals surface area contributed by atoms with Crippen molar-refractivity contribution in [2.24, 2.45) is 17.6 Å². The monoisotopic (exact) mass is 228 g/mol.